The maximum Gasteiger partial charge on any atom is 0.256 e. The summed E-state index contributed by atoms with van der Waals surface area (Å²) in [4.78, 5) is 38.7. The zero-order valence-electron chi connectivity index (χ0n) is 21.1. The molecule has 0 aliphatic carbocycles. The van der Waals surface area contributed by atoms with Gasteiger partial charge in [0.1, 0.15) is 0 Å². The first-order valence-corrected chi connectivity index (χ1v) is 12.1. The summed E-state index contributed by atoms with van der Waals surface area (Å²) in [6, 6.07) is 23.5. The lowest BCUT2D eigenvalue weighted by molar-refractivity contribution is 0.101. The monoisotopic (exact) mass is 515 g/mol. The van der Waals surface area contributed by atoms with Crippen LogP contribution < -0.4 is 21.7 Å². The van der Waals surface area contributed by atoms with Crippen LogP contribution >= 0.6 is 0 Å². The molecule has 2 amide bonds. The Labute approximate surface area is 225 Å². The van der Waals surface area contributed by atoms with Gasteiger partial charge >= 0.3 is 0 Å². The third-order valence-electron chi connectivity index (χ3n) is 5.91. The summed E-state index contributed by atoms with van der Waals surface area (Å²) in [5.74, 6) is -0.262. The molecule has 0 radical (unpaired) electrons. The normalized spacial score (nSPS) is 10.5. The fraction of sp³-hybridized carbons (Fsp3) is 0.0333. The minimum absolute atomic E-state index is 0.285. The van der Waals surface area contributed by atoms with Crippen molar-refractivity contribution in [2.24, 2.45) is 0 Å². The Bertz CT molecular complexity index is 1640. The topological polar surface area (TPSA) is 135 Å². The number of nitrogens with zero attached hydrogens (tertiary/aromatic N) is 3. The van der Waals surface area contributed by atoms with Gasteiger partial charge in [-0.1, -0.05) is 30.3 Å². The standard InChI is InChI=1S/C30H25N7O2/c1-19-10-11-25(35-28(38)21-6-2-5-20(13-21)22-7-4-12-32-16-22)15-27(19)29(39)36-26-17-33-30(34-18-26)37-24-9-3-8-23(31)14-24/h2-18H,31H2,1H3,(H,35,38)(H,36,39)(H,33,34,37). The lowest BCUT2D eigenvalue weighted by Crippen LogP contribution is -2.16. The van der Waals surface area contributed by atoms with Gasteiger partial charge < -0.3 is 21.7 Å². The first kappa shape index (κ1) is 25.1. The van der Waals surface area contributed by atoms with Crippen LogP contribution in [0.5, 0.6) is 0 Å². The molecule has 0 saturated carbocycles. The largest absolute Gasteiger partial charge is 0.399 e. The van der Waals surface area contributed by atoms with E-state index >= 15 is 0 Å². The number of nitrogens with two attached hydrogens (primary N) is 1. The van der Waals surface area contributed by atoms with E-state index < -0.39 is 0 Å². The summed E-state index contributed by atoms with van der Waals surface area (Å²) in [5, 5.41) is 8.75. The second-order valence-electron chi connectivity index (χ2n) is 8.81. The van der Waals surface area contributed by atoms with Gasteiger partial charge in [-0.05, 0) is 66.6 Å². The summed E-state index contributed by atoms with van der Waals surface area (Å²) in [6.45, 7) is 1.83. The molecule has 0 saturated heterocycles. The minimum atomic E-state index is -0.345. The SMILES string of the molecule is Cc1ccc(NC(=O)c2cccc(-c3cccnc3)c2)cc1C(=O)Nc1cnc(Nc2cccc(N)c2)nc1. The van der Waals surface area contributed by atoms with Crippen molar-refractivity contribution in [2.45, 2.75) is 6.92 Å². The van der Waals surface area contributed by atoms with Crippen molar-refractivity contribution >= 4 is 40.5 Å². The summed E-state index contributed by atoms with van der Waals surface area (Å²) in [6.07, 6.45) is 6.47. The summed E-state index contributed by atoms with van der Waals surface area (Å²) >= 11 is 0. The number of amides is 2. The molecular weight excluding hydrogens is 490 g/mol. The lowest BCUT2D eigenvalue weighted by Gasteiger charge is -2.12. The molecule has 5 rings (SSSR count). The van der Waals surface area contributed by atoms with Crippen molar-refractivity contribution in [1.29, 1.82) is 0 Å². The zero-order valence-corrected chi connectivity index (χ0v) is 21.1. The van der Waals surface area contributed by atoms with Crippen LogP contribution in [0.15, 0.2) is 104 Å². The van der Waals surface area contributed by atoms with Crippen molar-refractivity contribution in [1.82, 2.24) is 15.0 Å². The number of benzene rings is 3. The lowest BCUT2D eigenvalue weighted by atomic mass is 10.0. The summed E-state index contributed by atoms with van der Waals surface area (Å²) in [5.41, 5.74) is 11.6. The van der Waals surface area contributed by atoms with Crippen LogP contribution in [0.4, 0.5) is 28.7 Å². The molecule has 0 aliphatic rings. The molecule has 2 aromatic heterocycles. The van der Waals surface area contributed by atoms with Crippen LogP contribution in [0.2, 0.25) is 0 Å². The molecule has 9 heteroatoms. The van der Waals surface area contributed by atoms with Gasteiger partial charge in [-0.25, -0.2) is 9.97 Å². The fourth-order valence-electron chi connectivity index (χ4n) is 3.92. The maximum atomic E-state index is 13.0. The highest BCUT2D eigenvalue weighted by Gasteiger charge is 2.14. The van der Waals surface area contributed by atoms with Crippen LogP contribution in [-0.2, 0) is 0 Å². The second-order valence-corrected chi connectivity index (χ2v) is 8.81. The van der Waals surface area contributed by atoms with Crippen molar-refractivity contribution in [3.63, 3.8) is 0 Å². The molecule has 0 bridgehead atoms. The first-order chi connectivity index (χ1) is 18.9. The molecule has 0 unspecified atom stereocenters. The molecule has 3 aromatic carbocycles. The Balaban J connectivity index is 1.26. The van der Waals surface area contributed by atoms with Gasteiger partial charge in [0, 0.05) is 46.1 Å². The number of aryl methyl sites for hydroxylation is 1. The van der Waals surface area contributed by atoms with Gasteiger partial charge in [0.05, 0.1) is 18.1 Å². The van der Waals surface area contributed by atoms with E-state index in [2.05, 4.69) is 30.9 Å². The molecule has 0 fully saturated rings. The van der Waals surface area contributed by atoms with Crippen LogP contribution in [0.1, 0.15) is 26.3 Å². The van der Waals surface area contributed by atoms with E-state index in [1.165, 1.54) is 12.4 Å². The van der Waals surface area contributed by atoms with E-state index in [9.17, 15) is 9.59 Å². The molecule has 39 heavy (non-hydrogen) atoms. The smallest absolute Gasteiger partial charge is 0.256 e. The van der Waals surface area contributed by atoms with Crippen molar-refractivity contribution in [2.75, 3.05) is 21.7 Å². The Hall–Kier alpha value is -5.57. The van der Waals surface area contributed by atoms with Crippen molar-refractivity contribution in [3.8, 4) is 11.1 Å². The van der Waals surface area contributed by atoms with Crippen LogP contribution in [0.3, 0.4) is 0 Å². The van der Waals surface area contributed by atoms with E-state index in [-0.39, 0.29) is 11.8 Å². The number of nitrogen functional groups attached to an aromatic ring is 1. The van der Waals surface area contributed by atoms with Gasteiger partial charge in [-0.2, -0.15) is 0 Å². The average Bonchev–Trinajstić information content (AvgIpc) is 2.95. The minimum Gasteiger partial charge on any atom is -0.399 e. The number of pyridine rings is 1. The van der Waals surface area contributed by atoms with E-state index in [1.807, 2.05) is 43.3 Å². The average molecular weight is 516 g/mol. The van der Waals surface area contributed by atoms with E-state index in [4.69, 9.17) is 5.73 Å². The van der Waals surface area contributed by atoms with Gasteiger partial charge in [0.2, 0.25) is 5.95 Å². The molecule has 0 aliphatic heterocycles. The molecule has 9 nitrogen and oxygen atoms in total. The molecule has 5 N–H and O–H groups in total. The van der Waals surface area contributed by atoms with Gasteiger partial charge in [-0.3, -0.25) is 14.6 Å². The molecule has 0 atom stereocenters. The van der Waals surface area contributed by atoms with Gasteiger partial charge in [0.25, 0.3) is 11.8 Å². The highest BCUT2D eigenvalue weighted by atomic mass is 16.2. The van der Waals surface area contributed by atoms with Crippen molar-refractivity contribution < 1.29 is 9.59 Å². The number of hydrogen-bond acceptors (Lipinski definition) is 7. The van der Waals surface area contributed by atoms with Crippen LogP contribution in [0.25, 0.3) is 11.1 Å². The maximum absolute atomic E-state index is 13.0. The molecule has 192 valence electrons. The Kier molecular flexibility index (Phi) is 7.22. The van der Waals surface area contributed by atoms with Gasteiger partial charge in [0.15, 0.2) is 0 Å². The molecule has 2 heterocycles. The highest BCUT2D eigenvalue weighted by Crippen LogP contribution is 2.22. The highest BCUT2D eigenvalue weighted by molar-refractivity contribution is 6.08. The predicted molar refractivity (Wildman–Crippen MR) is 153 cm³/mol. The third kappa shape index (κ3) is 6.23. The van der Waals surface area contributed by atoms with E-state index in [1.54, 1.807) is 54.9 Å². The Morgan fingerprint density at radius 3 is 2.26 bits per heavy atom. The van der Waals surface area contributed by atoms with Crippen molar-refractivity contribution in [3.05, 3.63) is 120 Å². The van der Waals surface area contributed by atoms with E-state index in [0.29, 0.717) is 34.1 Å². The number of nitrogens with one attached hydrogen (secondary N) is 3. The molecule has 0 spiro atoms. The van der Waals surface area contributed by atoms with E-state index in [0.717, 1.165) is 22.4 Å². The number of aromatic nitrogens is 3. The number of hydrogen-bond donors (Lipinski definition) is 4. The first-order valence-electron chi connectivity index (χ1n) is 12.1. The molecular formula is C30H25N7O2. The quantitative estimate of drug-likeness (QED) is 0.205. The second kappa shape index (κ2) is 11.2. The number of anilines is 5. The summed E-state index contributed by atoms with van der Waals surface area (Å²) in [7, 11) is 0. The Morgan fingerprint density at radius 2 is 1.49 bits per heavy atom. The number of carbonyl (C=O) groups is 2. The number of carbonyl (C=O) groups excluding carboxylic acids is 2. The third-order valence-corrected chi connectivity index (χ3v) is 5.91. The van der Waals surface area contributed by atoms with Gasteiger partial charge in [-0.15, -0.1) is 0 Å². The fourth-order valence-corrected chi connectivity index (χ4v) is 3.92. The Morgan fingerprint density at radius 1 is 0.718 bits per heavy atom. The number of rotatable bonds is 7. The molecule has 5 aromatic rings. The zero-order chi connectivity index (χ0) is 27.2. The van der Waals surface area contributed by atoms with Crippen LogP contribution in [0, 0.1) is 6.92 Å². The summed E-state index contributed by atoms with van der Waals surface area (Å²) < 4.78 is 0. The van der Waals surface area contributed by atoms with Crippen LogP contribution in [-0.4, -0.2) is 26.8 Å². The predicted octanol–water partition coefficient (Wildman–Crippen LogP) is 5.68.